The van der Waals surface area contributed by atoms with Gasteiger partial charge in [-0.25, -0.2) is 28.3 Å². The molecule has 1 aromatic carbocycles. The van der Waals surface area contributed by atoms with E-state index in [9.17, 15) is 28.3 Å². The third kappa shape index (κ3) is 6.64. The number of carboxylic acid groups (broad SMARTS) is 1. The van der Waals surface area contributed by atoms with Crippen LogP contribution >= 0.6 is 0 Å². The zero-order chi connectivity index (χ0) is 27.8. The summed E-state index contributed by atoms with van der Waals surface area (Å²) in [4.78, 5) is 42.7. The van der Waals surface area contributed by atoms with Gasteiger partial charge in [-0.1, -0.05) is 0 Å². The first kappa shape index (κ1) is 28.1. The molecule has 1 fully saturated rings. The van der Waals surface area contributed by atoms with Crippen LogP contribution in [-0.2, 0) is 19.7 Å². The molecular formula is C26H33F2N3O6. The second-order valence-corrected chi connectivity index (χ2v) is 11.2. The summed E-state index contributed by atoms with van der Waals surface area (Å²) in [6.07, 6.45) is 2.20. The van der Waals surface area contributed by atoms with Crippen molar-refractivity contribution in [3.8, 4) is 5.69 Å². The molecule has 0 saturated heterocycles. The third-order valence-electron chi connectivity index (χ3n) is 5.89. The minimum Gasteiger partial charge on any atom is -0.481 e. The van der Waals surface area contributed by atoms with Crippen molar-refractivity contribution in [2.45, 2.75) is 77.4 Å². The van der Waals surface area contributed by atoms with E-state index in [1.54, 1.807) is 41.5 Å². The highest BCUT2D eigenvalue weighted by atomic mass is 19.2. The third-order valence-corrected chi connectivity index (χ3v) is 5.89. The van der Waals surface area contributed by atoms with Gasteiger partial charge in [0, 0.05) is 24.5 Å². The highest BCUT2D eigenvalue weighted by molar-refractivity contribution is 5.88. The molecular weight excluding hydrogens is 488 g/mol. The second-order valence-electron chi connectivity index (χ2n) is 11.2. The topological polar surface area (TPSA) is 111 Å². The Labute approximate surface area is 214 Å². The first-order valence-electron chi connectivity index (χ1n) is 12.0. The fourth-order valence-electron chi connectivity index (χ4n) is 4.09. The second kappa shape index (κ2) is 10.1. The molecule has 0 bridgehead atoms. The number of amides is 2. The molecule has 9 nitrogen and oxygen atoms in total. The Morgan fingerprint density at radius 1 is 1.08 bits per heavy atom. The van der Waals surface area contributed by atoms with Crippen molar-refractivity contribution in [2.24, 2.45) is 5.92 Å². The highest BCUT2D eigenvalue weighted by Crippen LogP contribution is 2.56. The van der Waals surface area contributed by atoms with Crippen LogP contribution in [0.2, 0.25) is 0 Å². The van der Waals surface area contributed by atoms with Crippen LogP contribution in [0.3, 0.4) is 0 Å². The number of benzene rings is 1. The number of carbonyl (C=O) groups is 3. The molecule has 2 amide bonds. The number of carbonyl (C=O) groups excluding carboxylic acids is 2. The van der Waals surface area contributed by atoms with Gasteiger partial charge in [0.15, 0.2) is 11.6 Å². The molecule has 0 unspecified atom stereocenters. The van der Waals surface area contributed by atoms with Gasteiger partial charge in [-0.3, -0.25) is 4.79 Å². The highest BCUT2D eigenvalue weighted by Gasteiger charge is 2.62. The Morgan fingerprint density at radius 2 is 1.68 bits per heavy atom. The molecule has 2 atom stereocenters. The van der Waals surface area contributed by atoms with E-state index < -0.39 is 46.4 Å². The number of hydrogen-bond donors (Lipinski definition) is 1. The summed E-state index contributed by atoms with van der Waals surface area (Å²) >= 11 is 0. The van der Waals surface area contributed by atoms with Crippen LogP contribution in [0.5, 0.6) is 0 Å². The number of rotatable bonds is 7. The van der Waals surface area contributed by atoms with Crippen molar-refractivity contribution in [1.82, 2.24) is 14.5 Å². The fourth-order valence-corrected chi connectivity index (χ4v) is 4.09. The predicted octanol–water partition coefficient (Wildman–Crippen LogP) is 5.45. The molecule has 0 radical (unpaired) electrons. The normalized spacial score (nSPS) is 19.3. The van der Waals surface area contributed by atoms with Gasteiger partial charge in [0.2, 0.25) is 0 Å². The Balaban J connectivity index is 1.70. The summed E-state index contributed by atoms with van der Waals surface area (Å²) in [5.41, 5.74) is -2.28. The van der Waals surface area contributed by atoms with Gasteiger partial charge in [0.05, 0.1) is 12.0 Å². The zero-order valence-electron chi connectivity index (χ0n) is 21.9. The summed E-state index contributed by atoms with van der Waals surface area (Å²) in [7, 11) is 0. The molecule has 1 saturated carbocycles. The average molecular weight is 522 g/mol. The fraction of sp³-hybridized carbons (Fsp3) is 0.538. The lowest BCUT2D eigenvalue weighted by Crippen LogP contribution is -2.44. The Kier molecular flexibility index (Phi) is 7.67. The van der Waals surface area contributed by atoms with Crippen molar-refractivity contribution in [3.05, 3.63) is 48.1 Å². The largest absolute Gasteiger partial charge is 0.481 e. The van der Waals surface area contributed by atoms with Gasteiger partial charge in [0.25, 0.3) is 0 Å². The predicted molar refractivity (Wildman–Crippen MR) is 129 cm³/mol. The van der Waals surface area contributed by atoms with Crippen molar-refractivity contribution in [1.29, 1.82) is 0 Å². The van der Waals surface area contributed by atoms with Crippen molar-refractivity contribution in [3.63, 3.8) is 0 Å². The number of ether oxygens (including phenoxy) is 2. The van der Waals surface area contributed by atoms with E-state index in [1.807, 2.05) is 0 Å². The summed E-state index contributed by atoms with van der Waals surface area (Å²) in [5, 5.41) is 10.0. The number of hydrogen-bond acceptors (Lipinski definition) is 6. The molecule has 37 heavy (non-hydrogen) atoms. The van der Waals surface area contributed by atoms with Gasteiger partial charge in [-0.2, -0.15) is 0 Å². The number of carboxylic acids is 1. The van der Waals surface area contributed by atoms with E-state index in [0.717, 1.165) is 17.0 Å². The number of imide groups is 1. The molecule has 1 N–H and O–H groups in total. The lowest BCUT2D eigenvalue weighted by Gasteiger charge is -2.28. The number of aromatic nitrogens is 2. The summed E-state index contributed by atoms with van der Waals surface area (Å²) in [5.74, 6) is -3.36. The molecule has 202 valence electrons. The zero-order valence-corrected chi connectivity index (χ0v) is 21.9. The van der Waals surface area contributed by atoms with Crippen LogP contribution in [0.4, 0.5) is 18.4 Å². The van der Waals surface area contributed by atoms with E-state index in [2.05, 4.69) is 4.98 Å². The maximum atomic E-state index is 13.6. The van der Waals surface area contributed by atoms with Crippen LogP contribution in [0, 0.1) is 17.6 Å². The molecule has 2 aromatic rings. The molecule has 3 rings (SSSR count). The van der Waals surface area contributed by atoms with E-state index >= 15 is 0 Å². The van der Waals surface area contributed by atoms with Crippen LogP contribution < -0.4 is 0 Å². The monoisotopic (exact) mass is 521 g/mol. The van der Waals surface area contributed by atoms with Gasteiger partial charge in [0.1, 0.15) is 16.6 Å². The lowest BCUT2D eigenvalue weighted by molar-refractivity contribution is -0.140. The lowest BCUT2D eigenvalue weighted by atomic mass is 9.97. The summed E-state index contributed by atoms with van der Waals surface area (Å²) in [6, 6.07) is 3.35. The van der Waals surface area contributed by atoms with Gasteiger partial charge in [-0.15, -0.1) is 0 Å². The number of nitrogens with zero attached hydrogens (tertiary/aromatic N) is 3. The standard InChI is InChI=1S/C26H33F2N3O6/c1-24(2,3)36-22(34)31(23(35)37-25(4,5)6)11-7-8-16-13-26(16,21(32)33)20-14-30(15-29-20)17-9-10-18(27)19(28)12-17/h9-10,12,14-16H,7-8,11,13H2,1-6H3,(H,32,33)/t16-,26+/m0/s1. The molecule has 1 aromatic heterocycles. The van der Waals surface area contributed by atoms with E-state index in [1.165, 1.54) is 23.2 Å². The van der Waals surface area contributed by atoms with Gasteiger partial charge >= 0.3 is 18.2 Å². The Morgan fingerprint density at radius 3 is 2.19 bits per heavy atom. The van der Waals surface area contributed by atoms with Crippen LogP contribution in [0.15, 0.2) is 30.7 Å². The van der Waals surface area contributed by atoms with Crippen molar-refractivity contribution in [2.75, 3.05) is 6.54 Å². The molecule has 0 spiro atoms. The molecule has 1 heterocycles. The summed E-state index contributed by atoms with van der Waals surface area (Å²) < 4.78 is 39.0. The number of halogens is 2. The van der Waals surface area contributed by atoms with Gasteiger partial charge < -0.3 is 19.1 Å². The number of imidazole rings is 1. The van der Waals surface area contributed by atoms with Crippen LogP contribution in [0.1, 0.15) is 66.5 Å². The molecule has 1 aliphatic carbocycles. The maximum Gasteiger partial charge on any atom is 0.419 e. The quantitative estimate of drug-likeness (QED) is 0.516. The van der Waals surface area contributed by atoms with E-state index in [-0.39, 0.29) is 12.5 Å². The first-order valence-corrected chi connectivity index (χ1v) is 12.0. The van der Waals surface area contributed by atoms with Gasteiger partial charge in [-0.05, 0) is 78.9 Å². The smallest absolute Gasteiger partial charge is 0.419 e. The number of aliphatic carboxylic acids is 1. The Hall–Kier alpha value is -3.50. The van der Waals surface area contributed by atoms with E-state index in [0.29, 0.717) is 30.6 Å². The average Bonchev–Trinajstić information content (AvgIpc) is 3.26. The van der Waals surface area contributed by atoms with Crippen LogP contribution in [0.25, 0.3) is 5.69 Å². The first-order chi connectivity index (χ1) is 17.0. The maximum absolute atomic E-state index is 13.6. The Bertz CT molecular complexity index is 1160. The molecule has 1 aliphatic rings. The minimum absolute atomic E-state index is 0.0146. The van der Waals surface area contributed by atoms with E-state index in [4.69, 9.17) is 9.47 Å². The van der Waals surface area contributed by atoms with Crippen molar-refractivity contribution < 1.29 is 37.7 Å². The molecule has 11 heteroatoms. The van der Waals surface area contributed by atoms with Crippen LogP contribution in [-0.4, -0.2) is 55.5 Å². The summed E-state index contributed by atoms with van der Waals surface area (Å²) in [6.45, 7) is 10.1. The SMILES string of the molecule is CC(C)(C)OC(=O)N(CCC[C@H]1C[C@]1(C(=O)O)c1cn(-c2ccc(F)c(F)c2)cn1)C(=O)OC(C)(C)C. The molecule has 0 aliphatic heterocycles. The van der Waals surface area contributed by atoms with Crippen molar-refractivity contribution >= 4 is 18.2 Å². The minimum atomic E-state index is -1.24.